The van der Waals surface area contributed by atoms with Gasteiger partial charge in [0.1, 0.15) is 0 Å². The van der Waals surface area contributed by atoms with Crippen molar-refractivity contribution in [2.24, 2.45) is 10.8 Å². The van der Waals surface area contributed by atoms with E-state index in [0.29, 0.717) is 12.2 Å². The second-order valence-electron chi connectivity index (χ2n) is 3.83. The molecule has 1 heterocycles. The van der Waals surface area contributed by atoms with Crippen molar-refractivity contribution in [3.05, 3.63) is 35.7 Å². The summed E-state index contributed by atoms with van der Waals surface area (Å²) in [6, 6.07) is 7.92. The van der Waals surface area contributed by atoms with Crippen molar-refractivity contribution in [3.63, 3.8) is 0 Å². The molecule has 0 aliphatic heterocycles. The first-order valence-corrected chi connectivity index (χ1v) is 5.99. The van der Waals surface area contributed by atoms with Gasteiger partial charge in [-0.3, -0.25) is 5.43 Å². The normalized spacial score (nSPS) is 10.8. The summed E-state index contributed by atoms with van der Waals surface area (Å²) < 4.78 is 1.66. The van der Waals surface area contributed by atoms with Crippen LogP contribution in [0.1, 0.15) is 11.4 Å². The van der Waals surface area contributed by atoms with Crippen LogP contribution in [0, 0.1) is 6.92 Å². The summed E-state index contributed by atoms with van der Waals surface area (Å²) in [6.07, 6.45) is 2.08. The summed E-state index contributed by atoms with van der Waals surface area (Å²) in [5.74, 6) is 0.678. The average molecular weight is 275 g/mol. The molecule has 0 fully saturated rings. The molecule has 8 heteroatoms. The Bertz CT molecular complexity index is 587. The summed E-state index contributed by atoms with van der Waals surface area (Å²) in [4.78, 5) is 0. The Hall–Kier alpha value is -2.35. The van der Waals surface area contributed by atoms with Gasteiger partial charge in [-0.1, -0.05) is 17.7 Å². The molecule has 7 nitrogen and oxygen atoms in total. The van der Waals surface area contributed by atoms with Crippen LogP contribution in [0.5, 0.6) is 0 Å². The van der Waals surface area contributed by atoms with Gasteiger partial charge >= 0.3 is 0 Å². The van der Waals surface area contributed by atoms with Gasteiger partial charge in [0.05, 0.1) is 5.69 Å². The van der Waals surface area contributed by atoms with Gasteiger partial charge in [0.2, 0.25) is 0 Å². The molecule has 2 aromatic rings. The van der Waals surface area contributed by atoms with E-state index >= 15 is 0 Å². The molecule has 1 aromatic heterocycles. The fourth-order valence-corrected chi connectivity index (χ4v) is 1.51. The Labute approximate surface area is 115 Å². The molecule has 1 aromatic carbocycles. The van der Waals surface area contributed by atoms with Crippen molar-refractivity contribution in [1.29, 1.82) is 0 Å². The van der Waals surface area contributed by atoms with Crippen molar-refractivity contribution in [2.45, 2.75) is 13.3 Å². The van der Waals surface area contributed by atoms with Gasteiger partial charge in [-0.15, -0.1) is 5.10 Å². The Morgan fingerprint density at radius 2 is 2.21 bits per heavy atom. The van der Waals surface area contributed by atoms with E-state index in [1.165, 1.54) is 5.56 Å². The number of nitrogens with two attached hydrogens (primary N) is 1. The highest BCUT2D eigenvalue weighted by molar-refractivity contribution is 7.80. The van der Waals surface area contributed by atoms with Crippen LogP contribution < -0.4 is 11.2 Å². The van der Waals surface area contributed by atoms with Crippen LogP contribution in [0.25, 0.3) is 5.69 Å². The number of benzene rings is 1. The van der Waals surface area contributed by atoms with Crippen molar-refractivity contribution in [3.8, 4) is 5.69 Å². The fraction of sp³-hybridized carbons (Fsp3) is 0.182. The number of hydrogen-bond donors (Lipinski definition) is 2. The molecule has 0 saturated carbocycles. The van der Waals surface area contributed by atoms with Crippen LogP contribution in [-0.4, -0.2) is 31.5 Å². The average Bonchev–Trinajstić information content (AvgIpc) is 2.84. The molecule has 19 heavy (non-hydrogen) atoms. The molecule has 0 aliphatic carbocycles. The zero-order valence-corrected chi connectivity index (χ0v) is 11.1. The number of thiocarbonyl (C=S) groups is 1. The number of hydrazone groups is 1. The highest BCUT2D eigenvalue weighted by Crippen LogP contribution is 2.09. The molecule has 0 atom stereocenters. The van der Waals surface area contributed by atoms with E-state index in [-0.39, 0.29) is 5.11 Å². The molecule has 98 valence electrons. The summed E-state index contributed by atoms with van der Waals surface area (Å²) in [5.41, 5.74) is 9.81. The minimum atomic E-state index is 0.120. The quantitative estimate of drug-likeness (QED) is 0.474. The van der Waals surface area contributed by atoms with E-state index in [9.17, 15) is 0 Å². The van der Waals surface area contributed by atoms with Crippen LogP contribution in [0.2, 0.25) is 0 Å². The fourth-order valence-electron chi connectivity index (χ4n) is 1.46. The lowest BCUT2D eigenvalue weighted by molar-refractivity contribution is 0.775. The van der Waals surface area contributed by atoms with Gasteiger partial charge in [-0.05, 0) is 41.7 Å². The third kappa shape index (κ3) is 3.55. The molecule has 0 unspecified atom stereocenters. The minimum absolute atomic E-state index is 0.120. The molecule has 0 spiro atoms. The van der Waals surface area contributed by atoms with Crippen molar-refractivity contribution in [2.75, 3.05) is 0 Å². The molecule has 3 N–H and O–H groups in total. The zero-order chi connectivity index (χ0) is 13.7. The van der Waals surface area contributed by atoms with Gasteiger partial charge in [-0.2, -0.15) is 9.78 Å². The first kappa shape index (κ1) is 13.1. The van der Waals surface area contributed by atoms with Crippen molar-refractivity contribution < 1.29 is 0 Å². The first-order valence-electron chi connectivity index (χ1n) is 5.58. The number of nitrogens with zero attached hydrogens (tertiary/aromatic N) is 5. The maximum Gasteiger partial charge on any atom is 0.184 e. The smallest absolute Gasteiger partial charge is 0.184 e. The molecule has 0 radical (unpaired) electrons. The molecular weight excluding hydrogens is 262 g/mol. The van der Waals surface area contributed by atoms with Crippen molar-refractivity contribution in [1.82, 2.24) is 25.6 Å². The lowest BCUT2D eigenvalue weighted by Crippen LogP contribution is -2.24. The Morgan fingerprint density at radius 3 is 2.89 bits per heavy atom. The second kappa shape index (κ2) is 6.01. The molecule has 0 bridgehead atoms. The predicted octanol–water partition coefficient (Wildman–Crippen LogP) is 0.332. The van der Waals surface area contributed by atoms with Crippen molar-refractivity contribution >= 4 is 23.5 Å². The molecule has 0 saturated heterocycles. The third-order valence-electron chi connectivity index (χ3n) is 2.35. The monoisotopic (exact) mass is 275 g/mol. The highest BCUT2D eigenvalue weighted by atomic mass is 32.1. The van der Waals surface area contributed by atoms with Gasteiger partial charge in [0.25, 0.3) is 0 Å². The SMILES string of the molecule is Cc1ccc(-n2nnnc2C/C=N\NC(N)=S)cc1. The molecule has 0 amide bonds. The van der Waals surface area contributed by atoms with E-state index < -0.39 is 0 Å². The van der Waals surface area contributed by atoms with Gasteiger partial charge < -0.3 is 5.73 Å². The largest absolute Gasteiger partial charge is 0.375 e. The van der Waals surface area contributed by atoms with Crippen LogP contribution in [0.4, 0.5) is 0 Å². The topological polar surface area (TPSA) is 94.0 Å². The predicted molar refractivity (Wildman–Crippen MR) is 76.0 cm³/mol. The Kier molecular flexibility index (Phi) is 4.14. The van der Waals surface area contributed by atoms with Crippen LogP contribution in [-0.2, 0) is 6.42 Å². The highest BCUT2D eigenvalue weighted by Gasteiger charge is 2.06. The number of tetrazole rings is 1. The van der Waals surface area contributed by atoms with E-state index in [0.717, 1.165) is 5.69 Å². The number of hydrogen-bond acceptors (Lipinski definition) is 5. The lowest BCUT2D eigenvalue weighted by Gasteiger charge is -2.02. The molecular formula is C11H13N7S. The first-order chi connectivity index (χ1) is 9.16. The summed E-state index contributed by atoms with van der Waals surface area (Å²) in [7, 11) is 0. The number of nitrogens with one attached hydrogen (secondary N) is 1. The summed E-state index contributed by atoms with van der Waals surface area (Å²) in [6.45, 7) is 2.03. The van der Waals surface area contributed by atoms with Crippen LogP contribution >= 0.6 is 12.2 Å². The Morgan fingerprint density at radius 1 is 1.47 bits per heavy atom. The second-order valence-corrected chi connectivity index (χ2v) is 4.27. The van der Waals surface area contributed by atoms with E-state index in [2.05, 4.69) is 38.3 Å². The van der Waals surface area contributed by atoms with Crippen LogP contribution in [0.15, 0.2) is 29.4 Å². The van der Waals surface area contributed by atoms with Gasteiger partial charge in [-0.25, -0.2) is 0 Å². The number of aromatic nitrogens is 4. The number of aryl methyl sites for hydroxylation is 1. The minimum Gasteiger partial charge on any atom is -0.375 e. The van der Waals surface area contributed by atoms with E-state index in [1.54, 1.807) is 10.9 Å². The summed E-state index contributed by atoms with van der Waals surface area (Å²) in [5, 5.41) is 15.5. The third-order valence-corrected chi connectivity index (χ3v) is 2.44. The maximum atomic E-state index is 5.25. The lowest BCUT2D eigenvalue weighted by atomic mass is 10.2. The summed E-state index contributed by atoms with van der Waals surface area (Å²) >= 11 is 4.63. The van der Waals surface area contributed by atoms with E-state index in [1.807, 2.05) is 31.2 Å². The van der Waals surface area contributed by atoms with Gasteiger partial charge in [0, 0.05) is 12.6 Å². The molecule has 0 aliphatic rings. The standard InChI is InChI=1S/C11H13N7S/c1-8-2-4-9(5-3-8)18-10(14-16-17-18)6-7-13-15-11(12)19/h2-5,7H,6H2,1H3,(H3,12,15,19)/b13-7-. The number of rotatable bonds is 4. The zero-order valence-electron chi connectivity index (χ0n) is 10.3. The maximum absolute atomic E-state index is 5.25. The van der Waals surface area contributed by atoms with E-state index in [4.69, 9.17) is 5.73 Å². The Balaban J connectivity index is 2.11. The molecule has 2 rings (SSSR count). The van der Waals surface area contributed by atoms with Gasteiger partial charge in [0.15, 0.2) is 10.9 Å². The van der Waals surface area contributed by atoms with Crippen LogP contribution in [0.3, 0.4) is 0 Å².